The molecule has 0 radical (unpaired) electrons. The highest BCUT2D eigenvalue weighted by molar-refractivity contribution is 5.88. The highest BCUT2D eigenvalue weighted by Gasteiger charge is 2.06. The summed E-state index contributed by atoms with van der Waals surface area (Å²) in [7, 11) is 0. The fourth-order valence-corrected chi connectivity index (χ4v) is 2.09. The standard InChI is InChI=1S/C17H16O2/c1-12-6-5-9-15(13(12)2)16-8-4-3-7-14(16)10-11-17(18)19/h3-11H,1-2H3,(H,18,19)/b11-10+. The highest BCUT2D eigenvalue weighted by atomic mass is 16.4. The van der Waals surface area contributed by atoms with Crippen molar-refractivity contribution in [3.63, 3.8) is 0 Å². The molecule has 1 N–H and O–H groups in total. The van der Waals surface area contributed by atoms with Crippen LogP contribution >= 0.6 is 0 Å². The Morgan fingerprint density at radius 2 is 1.68 bits per heavy atom. The summed E-state index contributed by atoms with van der Waals surface area (Å²) >= 11 is 0. The van der Waals surface area contributed by atoms with E-state index in [9.17, 15) is 4.79 Å². The summed E-state index contributed by atoms with van der Waals surface area (Å²) in [4.78, 5) is 10.7. The monoisotopic (exact) mass is 252 g/mol. The molecule has 0 bridgehead atoms. The molecule has 2 nitrogen and oxygen atoms in total. The Labute approximate surface area is 113 Å². The van der Waals surface area contributed by atoms with Gasteiger partial charge in [0.05, 0.1) is 0 Å². The zero-order valence-corrected chi connectivity index (χ0v) is 11.1. The van der Waals surface area contributed by atoms with E-state index in [0.29, 0.717) is 0 Å². The van der Waals surface area contributed by atoms with Crippen LogP contribution in [0.2, 0.25) is 0 Å². The smallest absolute Gasteiger partial charge is 0.328 e. The van der Waals surface area contributed by atoms with Gasteiger partial charge in [0.25, 0.3) is 0 Å². The lowest BCUT2D eigenvalue weighted by Crippen LogP contribution is -1.91. The molecule has 0 amide bonds. The molecular weight excluding hydrogens is 236 g/mol. The van der Waals surface area contributed by atoms with Crippen LogP contribution in [0.25, 0.3) is 17.2 Å². The molecule has 2 aromatic rings. The molecule has 0 heterocycles. The molecule has 0 fully saturated rings. The number of hydrogen-bond acceptors (Lipinski definition) is 1. The second kappa shape index (κ2) is 5.53. The third-order valence-corrected chi connectivity index (χ3v) is 3.26. The predicted octanol–water partition coefficient (Wildman–Crippen LogP) is 4.07. The number of carboxylic acids is 1. The molecule has 0 aromatic heterocycles. The van der Waals surface area contributed by atoms with E-state index in [2.05, 4.69) is 26.0 Å². The summed E-state index contributed by atoms with van der Waals surface area (Å²) in [6.07, 6.45) is 2.81. The topological polar surface area (TPSA) is 37.3 Å². The van der Waals surface area contributed by atoms with E-state index in [4.69, 9.17) is 5.11 Å². The van der Waals surface area contributed by atoms with Crippen molar-refractivity contribution >= 4 is 12.0 Å². The Morgan fingerprint density at radius 3 is 2.42 bits per heavy atom. The van der Waals surface area contributed by atoms with Gasteiger partial charge in [-0.25, -0.2) is 4.79 Å². The quantitative estimate of drug-likeness (QED) is 0.836. The molecule has 0 spiro atoms. The Hall–Kier alpha value is -2.35. The maximum absolute atomic E-state index is 10.7. The second-order valence-electron chi connectivity index (χ2n) is 4.51. The van der Waals surface area contributed by atoms with Gasteiger partial charge >= 0.3 is 5.97 Å². The minimum Gasteiger partial charge on any atom is -0.478 e. The summed E-state index contributed by atoms with van der Waals surface area (Å²) in [6, 6.07) is 14.0. The van der Waals surface area contributed by atoms with E-state index in [-0.39, 0.29) is 0 Å². The fraction of sp³-hybridized carbons (Fsp3) is 0.118. The Bertz CT molecular complexity index is 639. The van der Waals surface area contributed by atoms with Crippen molar-refractivity contribution in [1.82, 2.24) is 0 Å². The first kappa shape index (κ1) is 13.1. The first-order valence-electron chi connectivity index (χ1n) is 6.16. The summed E-state index contributed by atoms with van der Waals surface area (Å²) in [5.74, 6) is -0.934. The maximum atomic E-state index is 10.7. The average Bonchev–Trinajstić information content (AvgIpc) is 2.40. The van der Waals surface area contributed by atoms with Gasteiger partial charge in [0.1, 0.15) is 0 Å². The zero-order valence-electron chi connectivity index (χ0n) is 11.1. The molecule has 19 heavy (non-hydrogen) atoms. The molecule has 2 heteroatoms. The molecule has 0 atom stereocenters. The lowest BCUT2D eigenvalue weighted by atomic mass is 9.93. The molecule has 0 saturated heterocycles. The maximum Gasteiger partial charge on any atom is 0.328 e. The molecule has 96 valence electrons. The average molecular weight is 252 g/mol. The van der Waals surface area contributed by atoms with Gasteiger partial charge in [0.2, 0.25) is 0 Å². The van der Waals surface area contributed by atoms with Gasteiger partial charge in [-0.05, 0) is 47.7 Å². The minimum absolute atomic E-state index is 0.915. The van der Waals surface area contributed by atoms with Crippen LogP contribution in [0, 0.1) is 13.8 Å². The van der Waals surface area contributed by atoms with Crippen LogP contribution in [-0.2, 0) is 4.79 Å². The number of benzene rings is 2. The minimum atomic E-state index is -0.934. The van der Waals surface area contributed by atoms with Crippen LogP contribution in [0.1, 0.15) is 16.7 Å². The number of carbonyl (C=O) groups is 1. The molecule has 0 aliphatic carbocycles. The summed E-state index contributed by atoms with van der Waals surface area (Å²) in [5, 5.41) is 8.75. The van der Waals surface area contributed by atoms with Gasteiger partial charge in [0.15, 0.2) is 0 Å². The number of hydrogen-bond donors (Lipinski definition) is 1. The summed E-state index contributed by atoms with van der Waals surface area (Å²) in [6.45, 7) is 4.16. The number of rotatable bonds is 3. The first-order chi connectivity index (χ1) is 9.09. The first-order valence-corrected chi connectivity index (χ1v) is 6.16. The van der Waals surface area contributed by atoms with Crippen molar-refractivity contribution in [3.8, 4) is 11.1 Å². The highest BCUT2D eigenvalue weighted by Crippen LogP contribution is 2.29. The molecular formula is C17H16O2. The van der Waals surface area contributed by atoms with Crippen LogP contribution in [0.3, 0.4) is 0 Å². The van der Waals surface area contributed by atoms with Crippen molar-refractivity contribution in [3.05, 3.63) is 65.2 Å². The van der Waals surface area contributed by atoms with Gasteiger partial charge in [-0.15, -0.1) is 0 Å². The predicted molar refractivity (Wildman–Crippen MR) is 78.0 cm³/mol. The number of aryl methyl sites for hydroxylation is 1. The molecule has 2 rings (SSSR count). The van der Waals surface area contributed by atoms with Crippen LogP contribution in [0.5, 0.6) is 0 Å². The van der Waals surface area contributed by atoms with Gasteiger partial charge < -0.3 is 5.11 Å². The van der Waals surface area contributed by atoms with E-state index in [1.807, 2.05) is 30.3 Å². The van der Waals surface area contributed by atoms with E-state index in [0.717, 1.165) is 16.7 Å². The Kier molecular flexibility index (Phi) is 3.81. The van der Waals surface area contributed by atoms with E-state index in [1.165, 1.54) is 17.2 Å². The van der Waals surface area contributed by atoms with Gasteiger partial charge in [-0.2, -0.15) is 0 Å². The van der Waals surface area contributed by atoms with Crippen molar-refractivity contribution in [2.45, 2.75) is 13.8 Å². The molecule has 0 saturated carbocycles. The third kappa shape index (κ3) is 2.91. The second-order valence-corrected chi connectivity index (χ2v) is 4.51. The largest absolute Gasteiger partial charge is 0.478 e. The Balaban J connectivity index is 2.56. The van der Waals surface area contributed by atoms with Crippen molar-refractivity contribution < 1.29 is 9.90 Å². The van der Waals surface area contributed by atoms with E-state index < -0.39 is 5.97 Å². The molecule has 0 unspecified atom stereocenters. The molecule has 0 aliphatic rings. The number of carboxylic acid groups (broad SMARTS) is 1. The fourth-order valence-electron chi connectivity index (χ4n) is 2.09. The zero-order chi connectivity index (χ0) is 13.8. The normalized spacial score (nSPS) is 10.8. The molecule has 0 aliphatic heterocycles. The van der Waals surface area contributed by atoms with Gasteiger partial charge in [-0.1, -0.05) is 42.5 Å². The van der Waals surface area contributed by atoms with Crippen LogP contribution in [0.15, 0.2) is 48.5 Å². The third-order valence-electron chi connectivity index (χ3n) is 3.26. The van der Waals surface area contributed by atoms with Crippen LogP contribution < -0.4 is 0 Å². The van der Waals surface area contributed by atoms with E-state index in [1.54, 1.807) is 6.08 Å². The summed E-state index contributed by atoms with van der Waals surface area (Å²) in [5.41, 5.74) is 5.57. The van der Waals surface area contributed by atoms with Crippen molar-refractivity contribution in [2.75, 3.05) is 0 Å². The van der Waals surface area contributed by atoms with Gasteiger partial charge in [0, 0.05) is 6.08 Å². The lowest BCUT2D eigenvalue weighted by Gasteiger charge is -2.11. The van der Waals surface area contributed by atoms with Crippen molar-refractivity contribution in [2.24, 2.45) is 0 Å². The van der Waals surface area contributed by atoms with Crippen LogP contribution in [-0.4, -0.2) is 11.1 Å². The Morgan fingerprint density at radius 1 is 1.00 bits per heavy atom. The van der Waals surface area contributed by atoms with Crippen molar-refractivity contribution in [1.29, 1.82) is 0 Å². The SMILES string of the molecule is Cc1cccc(-c2ccccc2/C=C/C(=O)O)c1C. The van der Waals surface area contributed by atoms with Crippen LogP contribution in [0.4, 0.5) is 0 Å². The van der Waals surface area contributed by atoms with Gasteiger partial charge in [-0.3, -0.25) is 0 Å². The lowest BCUT2D eigenvalue weighted by molar-refractivity contribution is -0.131. The summed E-state index contributed by atoms with van der Waals surface area (Å²) < 4.78 is 0. The van der Waals surface area contributed by atoms with E-state index >= 15 is 0 Å². The number of aliphatic carboxylic acids is 1. The molecule has 2 aromatic carbocycles.